The summed E-state index contributed by atoms with van der Waals surface area (Å²) in [5.74, 6) is 0. The molecular formula is C9H16O. The summed E-state index contributed by atoms with van der Waals surface area (Å²) < 4.78 is 0. The highest BCUT2D eigenvalue weighted by Gasteiger charge is 2.48. The highest BCUT2D eigenvalue weighted by molar-refractivity contribution is 4.99. The van der Waals surface area contributed by atoms with Gasteiger partial charge in [0.25, 0.3) is 0 Å². The minimum Gasteiger partial charge on any atom is -0.393 e. The van der Waals surface area contributed by atoms with E-state index in [0.717, 1.165) is 6.42 Å². The quantitative estimate of drug-likeness (QED) is 0.546. The summed E-state index contributed by atoms with van der Waals surface area (Å²) in [6.45, 7) is 0. The molecule has 2 aliphatic carbocycles. The van der Waals surface area contributed by atoms with Gasteiger partial charge in [0.1, 0.15) is 0 Å². The molecule has 0 saturated heterocycles. The zero-order chi connectivity index (χ0) is 7.03. The fourth-order valence-electron chi connectivity index (χ4n) is 2.21. The van der Waals surface area contributed by atoms with Gasteiger partial charge in [0.05, 0.1) is 6.10 Å². The van der Waals surface area contributed by atoms with Crippen LogP contribution in [0.5, 0.6) is 0 Å². The molecule has 1 unspecified atom stereocenters. The standard InChI is InChI=1S/C9H16O/c10-8-4-2-1-3-5-9(8)6-7-9/h8,10H,1-7H2. The van der Waals surface area contributed by atoms with Crippen molar-refractivity contribution in [3.63, 3.8) is 0 Å². The molecule has 0 heterocycles. The van der Waals surface area contributed by atoms with Crippen LogP contribution in [0.2, 0.25) is 0 Å². The first-order valence-corrected chi connectivity index (χ1v) is 4.52. The largest absolute Gasteiger partial charge is 0.393 e. The van der Waals surface area contributed by atoms with Gasteiger partial charge in [0.2, 0.25) is 0 Å². The molecule has 0 aromatic carbocycles. The van der Waals surface area contributed by atoms with Gasteiger partial charge in [0.15, 0.2) is 0 Å². The van der Waals surface area contributed by atoms with Crippen LogP contribution in [0.4, 0.5) is 0 Å². The predicted octanol–water partition coefficient (Wildman–Crippen LogP) is 2.09. The van der Waals surface area contributed by atoms with Crippen molar-refractivity contribution < 1.29 is 5.11 Å². The van der Waals surface area contributed by atoms with E-state index in [-0.39, 0.29) is 6.10 Å². The molecule has 0 amide bonds. The van der Waals surface area contributed by atoms with Crippen LogP contribution in [-0.2, 0) is 0 Å². The van der Waals surface area contributed by atoms with Crippen LogP contribution in [-0.4, -0.2) is 11.2 Å². The molecule has 0 radical (unpaired) electrons. The van der Waals surface area contributed by atoms with Crippen molar-refractivity contribution in [3.05, 3.63) is 0 Å². The van der Waals surface area contributed by atoms with Crippen LogP contribution in [0.15, 0.2) is 0 Å². The first-order valence-electron chi connectivity index (χ1n) is 4.52. The fourth-order valence-corrected chi connectivity index (χ4v) is 2.21. The molecule has 1 nitrogen and oxygen atoms in total. The summed E-state index contributed by atoms with van der Waals surface area (Å²) >= 11 is 0. The first-order chi connectivity index (χ1) is 4.83. The molecule has 2 rings (SSSR count). The molecule has 1 heteroatoms. The van der Waals surface area contributed by atoms with Crippen LogP contribution < -0.4 is 0 Å². The Kier molecular flexibility index (Phi) is 1.48. The van der Waals surface area contributed by atoms with Gasteiger partial charge in [-0.15, -0.1) is 0 Å². The van der Waals surface area contributed by atoms with Crippen molar-refractivity contribution in [2.45, 2.75) is 51.0 Å². The SMILES string of the molecule is OC1CCCCCC12CC2. The smallest absolute Gasteiger partial charge is 0.0596 e. The minimum atomic E-state index is 0.0509. The zero-order valence-corrected chi connectivity index (χ0v) is 6.47. The van der Waals surface area contributed by atoms with Gasteiger partial charge in [-0.3, -0.25) is 0 Å². The Morgan fingerprint density at radius 3 is 2.50 bits per heavy atom. The van der Waals surface area contributed by atoms with Gasteiger partial charge < -0.3 is 5.11 Å². The second-order valence-electron chi connectivity index (χ2n) is 3.98. The summed E-state index contributed by atoms with van der Waals surface area (Å²) in [5.41, 5.74) is 0.427. The Hall–Kier alpha value is -0.0400. The van der Waals surface area contributed by atoms with E-state index in [0.29, 0.717) is 5.41 Å². The van der Waals surface area contributed by atoms with E-state index in [2.05, 4.69) is 0 Å². The normalized spacial score (nSPS) is 37.5. The van der Waals surface area contributed by atoms with Crippen molar-refractivity contribution in [2.75, 3.05) is 0 Å². The van der Waals surface area contributed by atoms with Crippen LogP contribution in [0, 0.1) is 5.41 Å². The van der Waals surface area contributed by atoms with E-state index < -0.39 is 0 Å². The molecular weight excluding hydrogens is 124 g/mol. The summed E-state index contributed by atoms with van der Waals surface area (Å²) in [5, 5.41) is 9.68. The summed E-state index contributed by atoms with van der Waals surface area (Å²) in [6.07, 6.45) is 8.98. The number of aliphatic hydroxyl groups excluding tert-OH is 1. The first kappa shape index (κ1) is 6.66. The van der Waals surface area contributed by atoms with Crippen molar-refractivity contribution in [1.82, 2.24) is 0 Å². The lowest BCUT2D eigenvalue weighted by Gasteiger charge is -2.17. The Balaban J connectivity index is 2.02. The second kappa shape index (κ2) is 2.23. The maximum atomic E-state index is 9.68. The third kappa shape index (κ3) is 0.968. The lowest BCUT2D eigenvalue weighted by atomic mass is 9.94. The lowest BCUT2D eigenvalue weighted by molar-refractivity contribution is 0.0861. The molecule has 0 aliphatic heterocycles. The van der Waals surface area contributed by atoms with E-state index in [4.69, 9.17) is 0 Å². The molecule has 1 spiro atoms. The van der Waals surface area contributed by atoms with E-state index >= 15 is 0 Å². The van der Waals surface area contributed by atoms with Crippen LogP contribution in [0.1, 0.15) is 44.9 Å². The third-order valence-electron chi connectivity index (χ3n) is 3.25. The van der Waals surface area contributed by atoms with E-state index in [9.17, 15) is 5.11 Å². The van der Waals surface area contributed by atoms with Crippen LogP contribution in [0.3, 0.4) is 0 Å². The molecule has 58 valence electrons. The van der Waals surface area contributed by atoms with E-state index in [1.807, 2.05) is 0 Å². The van der Waals surface area contributed by atoms with E-state index in [1.54, 1.807) is 0 Å². The maximum Gasteiger partial charge on any atom is 0.0596 e. The number of rotatable bonds is 0. The van der Waals surface area contributed by atoms with Crippen molar-refractivity contribution in [1.29, 1.82) is 0 Å². The third-order valence-corrected chi connectivity index (χ3v) is 3.25. The Bertz CT molecular complexity index is 127. The van der Waals surface area contributed by atoms with Crippen molar-refractivity contribution in [3.8, 4) is 0 Å². The van der Waals surface area contributed by atoms with Crippen LogP contribution >= 0.6 is 0 Å². The molecule has 2 aliphatic rings. The minimum absolute atomic E-state index is 0.0509. The molecule has 10 heavy (non-hydrogen) atoms. The lowest BCUT2D eigenvalue weighted by Crippen LogP contribution is -2.19. The molecule has 0 bridgehead atoms. The van der Waals surface area contributed by atoms with Gasteiger partial charge >= 0.3 is 0 Å². The van der Waals surface area contributed by atoms with Crippen molar-refractivity contribution in [2.24, 2.45) is 5.41 Å². The number of aliphatic hydroxyl groups is 1. The van der Waals surface area contributed by atoms with Crippen molar-refractivity contribution >= 4 is 0 Å². The number of hydrogen-bond donors (Lipinski definition) is 1. The van der Waals surface area contributed by atoms with Gasteiger partial charge in [0, 0.05) is 0 Å². The van der Waals surface area contributed by atoms with Gasteiger partial charge in [-0.1, -0.05) is 19.3 Å². The fraction of sp³-hybridized carbons (Fsp3) is 1.00. The van der Waals surface area contributed by atoms with E-state index in [1.165, 1.54) is 38.5 Å². The Morgan fingerprint density at radius 1 is 1.00 bits per heavy atom. The molecule has 1 atom stereocenters. The molecule has 0 aromatic heterocycles. The summed E-state index contributed by atoms with van der Waals surface area (Å²) in [6, 6.07) is 0. The topological polar surface area (TPSA) is 20.2 Å². The predicted molar refractivity (Wildman–Crippen MR) is 40.8 cm³/mol. The van der Waals surface area contributed by atoms with Crippen LogP contribution in [0.25, 0.3) is 0 Å². The highest BCUT2D eigenvalue weighted by Crippen LogP contribution is 2.55. The molecule has 1 N–H and O–H groups in total. The zero-order valence-electron chi connectivity index (χ0n) is 6.47. The average molecular weight is 140 g/mol. The highest BCUT2D eigenvalue weighted by atomic mass is 16.3. The van der Waals surface area contributed by atoms with Gasteiger partial charge in [-0.25, -0.2) is 0 Å². The molecule has 2 saturated carbocycles. The average Bonchev–Trinajstić information content (AvgIpc) is 2.69. The molecule has 0 aromatic rings. The van der Waals surface area contributed by atoms with Gasteiger partial charge in [-0.05, 0) is 31.1 Å². The van der Waals surface area contributed by atoms with Gasteiger partial charge in [-0.2, -0.15) is 0 Å². The second-order valence-corrected chi connectivity index (χ2v) is 3.98. The number of hydrogen-bond acceptors (Lipinski definition) is 1. The maximum absolute atomic E-state index is 9.68. The molecule has 2 fully saturated rings. The summed E-state index contributed by atoms with van der Waals surface area (Å²) in [7, 11) is 0. The Labute approximate surface area is 62.4 Å². The summed E-state index contributed by atoms with van der Waals surface area (Å²) in [4.78, 5) is 0. The monoisotopic (exact) mass is 140 g/mol. The Morgan fingerprint density at radius 2 is 1.80 bits per heavy atom.